The zero-order chi connectivity index (χ0) is 24.3. The third kappa shape index (κ3) is 5.47. The van der Waals surface area contributed by atoms with Crippen LogP contribution in [0, 0.1) is 26.7 Å². The zero-order valence-corrected chi connectivity index (χ0v) is 20.2. The normalized spacial score (nSPS) is 16.4. The summed E-state index contributed by atoms with van der Waals surface area (Å²) < 4.78 is 33.8. The molecular formula is C24H30N2O6S. The number of hydrogen-bond acceptors (Lipinski definition) is 6. The average molecular weight is 475 g/mol. The van der Waals surface area contributed by atoms with Crippen LogP contribution in [0.25, 0.3) is 0 Å². The quantitative estimate of drug-likeness (QED) is 0.585. The lowest BCUT2D eigenvalue weighted by Gasteiger charge is -2.34. The van der Waals surface area contributed by atoms with Gasteiger partial charge >= 0.3 is 11.9 Å². The van der Waals surface area contributed by atoms with Gasteiger partial charge in [-0.05, 0) is 69.9 Å². The fourth-order valence-corrected chi connectivity index (χ4v) is 6.00. The number of ether oxygens (including phenoxy) is 1. The van der Waals surface area contributed by atoms with Gasteiger partial charge in [0.2, 0.25) is 0 Å². The topological polar surface area (TPSA) is 113 Å². The second kappa shape index (κ2) is 9.82. The molecule has 0 aromatic heterocycles. The van der Waals surface area contributed by atoms with E-state index in [1.807, 2.05) is 11.8 Å². The smallest absolute Gasteiger partial charge is 0.337 e. The summed E-state index contributed by atoms with van der Waals surface area (Å²) in [6.45, 7) is 8.36. The van der Waals surface area contributed by atoms with E-state index in [1.54, 1.807) is 45.0 Å². The highest BCUT2D eigenvalue weighted by atomic mass is 32.2. The van der Waals surface area contributed by atoms with Crippen molar-refractivity contribution < 1.29 is 27.9 Å². The predicted molar refractivity (Wildman–Crippen MR) is 126 cm³/mol. The van der Waals surface area contributed by atoms with E-state index in [9.17, 15) is 23.1 Å². The van der Waals surface area contributed by atoms with Crippen molar-refractivity contribution in [3.05, 3.63) is 52.6 Å². The molecule has 0 aliphatic carbocycles. The molecule has 1 heterocycles. The van der Waals surface area contributed by atoms with Gasteiger partial charge in [0, 0.05) is 18.8 Å². The molecule has 1 saturated heterocycles. The number of nitrogens with one attached hydrogen (secondary N) is 1. The molecule has 1 aliphatic heterocycles. The Balaban J connectivity index is 1.91. The van der Waals surface area contributed by atoms with Gasteiger partial charge in [0.05, 0.1) is 28.7 Å². The van der Waals surface area contributed by atoms with Gasteiger partial charge in [0.25, 0.3) is 10.0 Å². The van der Waals surface area contributed by atoms with Crippen molar-refractivity contribution in [3.8, 4) is 0 Å². The van der Waals surface area contributed by atoms with Crippen molar-refractivity contribution in [3.63, 3.8) is 0 Å². The third-order valence-electron chi connectivity index (χ3n) is 5.73. The molecule has 8 nitrogen and oxygen atoms in total. The molecule has 1 fully saturated rings. The van der Waals surface area contributed by atoms with Crippen molar-refractivity contribution in [1.82, 2.24) is 0 Å². The minimum atomic E-state index is -3.92. The Hall–Kier alpha value is -3.07. The molecule has 0 saturated carbocycles. The molecule has 9 heteroatoms. The number of nitrogens with zero attached hydrogens (tertiary/aromatic N) is 1. The van der Waals surface area contributed by atoms with E-state index < -0.39 is 16.0 Å². The number of rotatable bonds is 7. The standard InChI is InChI=1S/C24H30N2O6S/c1-5-32-24(29)18-7-6-10-26(14-18)21-9-8-19(13-20(21)23(27)28)25-33(30,31)22-16(3)11-15(2)12-17(22)4/h8-9,11-13,18,25H,5-7,10,14H2,1-4H3,(H,27,28)/t18-/m0/s1. The first kappa shape index (κ1) is 24.6. The van der Waals surface area contributed by atoms with Crippen LogP contribution in [-0.2, 0) is 19.6 Å². The number of esters is 1. The van der Waals surface area contributed by atoms with E-state index >= 15 is 0 Å². The molecule has 33 heavy (non-hydrogen) atoms. The van der Waals surface area contributed by atoms with Crippen LogP contribution in [-0.4, -0.2) is 45.2 Å². The number of carbonyl (C=O) groups is 2. The van der Waals surface area contributed by atoms with Gasteiger partial charge in [-0.3, -0.25) is 9.52 Å². The highest BCUT2D eigenvalue weighted by molar-refractivity contribution is 7.92. The van der Waals surface area contributed by atoms with Crippen LogP contribution < -0.4 is 9.62 Å². The van der Waals surface area contributed by atoms with Crippen molar-refractivity contribution in [1.29, 1.82) is 0 Å². The lowest BCUT2D eigenvalue weighted by molar-refractivity contribution is -0.148. The van der Waals surface area contributed by atoms with Gasteiger partial charge in [-0.25, -0.2) is 13.2 Å². The third-order valence-corrected chi connectivity index (χ3v) is 7.42. The Labute approximate surface area is 194 Å². The highest BCUT2D eigenvalue weighted by Gasteiger charge is 2.29. The largest absolute Gasteiger partial charge is 0.478 e. The average Bonchev–Trinajstić information content (AvgIpc) is 2.72. The first-order chi connectivity index (χ1) is 15.5. The van der Waals surface area contributed by atoms with E-state index in [4.69, 9.17) is 4.74 Å². The fraction of sp³-hybridized carbons (Fsp3) is 0.417. The number of anilines is 2. The second-order valence-corrected chi connectivity index (χ2v) is 10.0. The van der Waals surface area contributed by atoms with Crippen LogP contribution in [0.4, 0.5) is 11.4 Å². The van der Waals surface area contributed by atoms with Crippen molar-refractivity contribution >= 4 is 33.3 Å². The number of aromatic carboxylic acids is 1. The van der Waals surface area contributed by atoms with Crippen molar-refractivity contribution in [2.24, 2.45) is 5.92 Å². The van der Waals surface area contributed by atoms with Crippen molar-refractivity contribution in [2.45, 2.75) is 45.4 Å². The summed E-state index contributed by atoms with van der Waals surface area (Å²) in [4.78, 5) is 26.2. The Bertz CT molecular complexity index is 1150. The predicted octanol–water partition coefficient (Wildman–Crippen LogP) is 3.89. The Morgan fingerprint density at radius 3 is 2.42 bits per heavy atom. The minimum Gasteiger partial charge on any atom is -0.478 e. The number of piperidine rings is 1. The molecule has 0 spiro atoms. The molecule has 0 radical (unpaired) electrons. The molecule has 0 unspecified atom stereocenters. The molecule has 3 rings (SSSR count). The number of hydrogen-bond donors (Lipinski definition) is 2. The molecule has 2 aromatic rings. The highest BCUT2D eigenvalue weighted by Crippen LogP contribution is 2.31. The number of aryl methyl sites for hydroxylation is 3. The Kier molecular flexibility index (Phi) is 7.31. The summed E-state index contributed by atoms with van der Waals surface area (Å²) in [6.07, 6.45) is 1.41. The van der Waals surface area contributed by atoms with Crippen LogP contribution in [0.2, 0.25) is 0 Å². The van der Waals surface area contributed by atoms with Gasteiger partial charge in [-0.2, -0.15) is 0 Å². The maximum absolute atomic E-state index is 13.1. The molecule has 2 aromatic carbocycles. The number of benzene rings is 2. The van der Waals surface area contributed by atoms with E-state index in [1.165, 1.54) is 6.07 Å². The van der Waals surface area contributed by atoms with Gasteiger partial charge in [-0.1, -0.05) is 17.7 Å². The van der Waals surface area contributed by atoms with Gasteiger partial charge in [-0.15, -0.1) is 0 Å². The summed E-state index contributed by atoms with van der Waals surface area (Å²) in [6, 6.07) is 8.05. The molecule has 178 valence electrons. The maximum atomic E-state index is 13.1. The molecule has 0 bridgehead atoms. The van der Waals surface area contributed by atoms with E-state index in [0.29, 0.717) is 42.9 Å². The van der Waals surface area contributed by atoms with Crippen LogP contribution in [0.15, 0.2) is 35.2 Å². The molecule has 1 atom stereocenters. The summed E-state index contributed by atoms with van der Waals surface area (Å²) in [5.41, 5.74) is 2.78. The van der Waals surface area contributed by atoms with Crippen LogP contribution in [0.5, 0.6) is 0 Å². The van der Waals surface area contributed by atoms with Crippen molar-refractivity contribution in [2.75, 3.05) is 29.3 Å². The number of carboxylic acid groups (broad SMARTS) is 1. The first-order valence-corrected chi connectivity index (χ1v) is 12.4. The lowest BCUT2D eigenvalue weighted by Crippen LogP contribution is -2.40. The molecule has 1 aliphatic rings. The number of sulfonamides is 1. The number of carboxylic acids is 1. The summed E-state index contributed by atoms with van der Waals surface area (Å²) in [5, 5.41) is 9.82. The van der Waals surface area contributed by atoms with E-state index in [-0.39, 0.29) is 28.0 Å². The van der Waals surface area contributed by atoms with Crippen LogP contribution in [0.3, 0.4) is 0 Å². The van der Waals surface area contributed by atoms with Gasteiger partial charge < -0.3 is 14.7 Å². The maximum Gasteiger partial charge on any atom is 0.337 e. The minimum absolute atomic E-state index is 0.0305. The summed E-state index contributed by atoms with van der Waals surface area (Å²) in [7, 11) is -3.92. The molecule has 2 N–H and O–H groups in total. The van der Waals surface area contributed by atoms with Gasteiger partial charge in [0.15, 0.2) is 0 Å². The summed E-state index contributed by atoms with van der Waals surface area (Å²) >= 11 is 0. The first-order valence-electron chi connectivity index (χ1n) is 10.9. The zero-order valence-electron chi connectivity index (χ0n) is 19.3. The van der Waals surface area contributed by atoms with E-state index in [0.717, 1.165) is 12.0 Å². The van der Waals surface area contributed by atoms with E-state index in [2.05, 4.69) is 4.72 Å². The second-order valence-electron chi connectivity index (χ2n) is 8.41. The van der Waals surface area contributed by atoms with Crippen LogP contribution in [0.1, 0.15) is 46.8 Å². The Morgan fingerprint density at radius 2 is 1.82 bits per heavy atom. The summed E-state index contributed by atoms with van der Waals surface area (Å²) in [5.74, 6) is -1.79. The Morgan fingerprint density at radius 1 is 1.15 bits per heavy atom. The monoisotopic (exact) mass is 474 g/mol. The van der Waals surface area contributed by atoms with Crippen LogP contribution >= 0.6 is 0 Å². The molecule has 0 amide bonds. The number of carbonyl (C=O) groups excluding carboxylic acids is 1. The van der Waals surface area contributed by atoms with Gasteiger partial charge in [0.1, 0.15) is 0 Å². The molecular weight excluding hydrogens is 444 g/mol. The lowest BCUT2D eigenvalue weighted by atomic mass is 9.97. The fourth-order valence-electron chi connectivity index (χ4n) is 4.49. The SMILES string of the molecule is CCOC(=O)[C@H]1CCCN(c2ccc(NS(=O)(=O)c3c(C)cc(C)cc3C)cc2C(=O)O)C1.